The summed E-state index contributed by atoms with van der Waals surface area (Å²) in [5, 5.41) is 10.7. The van der Waals surface area contributed by atoms with Crippen LogP contribution in [0, 0.1) is 5.21 Å². The molecular weight excluding hydrogens is 150 g/mol. The predicted octanol–water partition coefficient (Wildman–Crippen LogP) is 2.00. The molecule has 64 valence electrons. The topological polar surface area (TPSA) is 26.1 Å². The Hall–Kier alpha value is -1.31. The fourth-order valence-electron chi connectivity index (χ4n) is 1.16. The molecule has 0 aliphatic heterocycles. The lowest BCUT2D eigenvalue weighted by molar-refractivity contribution is -0.419. The zero-order valence-electron chi connectivity index (χ0n) is 7.40. The molecular formula is C10H13NO. The summed E-state index contributed by atoms with van der Waals surface area (Å²) in [4.78, 5) is 0. The van der Waals surface area contributed by atoms with Crippen LogP contribution in [0.2, 0.25) is 0 Å². The summed E-state index contributed by atoms with van der Waals surface area (Å²) in [6.45, 7) is 2.00. The molecule has 0 fully saturated rings. The van der Waals surface area contributed by atoms with Crippen molar-refractivity contribution in [2.24, 2.45) is 0 Å². The molecule has 0 bridgehead atoms. The van der Waals surface area contributed by atoms with Gasteiger partial charge in [0.15, 0.2) is 6.21 Å². The fraction of sp³-hybridized carbons (Fsp3) is 0.300. The smallest absolute Gasteiger partial charge is 0.157 e. The van der Waals surface area contributed by atoms with Crippen molar-refractivity contribution in [2.75, 3.05) is 7.05 Å². The van der Waals surface area contributed by atoms with Crippen molar-refractivity contribution in [3.05, 3.63) is 41.1 Å². The van der Waals surface area contributed by atoms with Gasteiger partial charge in [0.2, 0.25) is 0 Å². The van der Waals surface area contributed by atoms with Crippen LogP contribution in [-0.4, -0.2) is 18.0 Å². The van der Waals surface area contributed by atoms with Crippen LogP contribution in [0.4, 0.5) is 0 Å². The Kier molecular flexibility index (Phi) is 2.86. The van der Waals surface area contributed by atoms with Crippen molar-refractivity contribution < 1.29 is 4.74 Å². The van der Waals surface area contributed by atoms with Crippen LogP contribution < -0.4 is 0 Å². The van der Waals surface area contributed by atoms with E-state index >= 15 is 0 Å². The monoisotopic (exact) mass is 163 g/mol. The molecule has 0 N–H and O–H groups in total. The van der Waals surface area contributed by atoms with Gasteiger partial charge in [-0.1, -0.05) is 30.3 Å². The highest BCUT2D eigenvalue weighted by Gasteiger charge is 2.03. The number of rotatable bonds is 2. The quantitative estimate of drug-likeness (QED) is 0.283. The van der Waals surface area contributed by atoms with E-state index in [-0.39, 0.29) is 5.92 Å². The largest absolute Gasteiger partial charge is 0.624 e. The maximum absolute atomic E-state index is 10.7. The lowest BCUT2D eigenvalue weighted by Crippen LogP contribution is -2.03. The molecule has 0 aromatic heterocycles. The van der Waals surface area contributed by atoms with Crippen molar-refractivity contribution in [3.63, 3.8) is 0 Å². The first-order chi connectivity index (χ1) is 5.70. The minimum absolute atomic E-state index is 0.189. The molecule has 1 aromatic carbocycles. The zero-order valence-corrected chi connectivity index (χ0v) is 7.40. The average Bonchev–Trinajstić information content (AvgIpc) is 2.05. The van der Waals surface area contributed by atoms with Gasteiger partial charge < -0.3 is 5.21 Å². The van der Waals surface area contributed by atoms with Crippen molar-refractivity contribution in [1.29, 1.82) is 0 Å². The van der Waals surface area contributed by atoms with Crippen LogP contribution in [0.3, 0.4) is 0 Å². The van der Waals surface area contributed by atoms with Gasteiger partial charge in [-0.25, -0.2) is 4.74 Å². The molecule has 0 saturated carbocycles. The maximum Gasteiger partial charge on any atom is 0.157 e. The Labute approximate surface area is 72.7 Å². The third-order valence-corrected chi connectivity index (χ3v) is 1.76. The summed E-state index contributed by atoms with van der Waals surface area (Å²) in [5.41, 5.74) is 1.17. The maximum atomic E-state index is 10.7. The molecule has 0 aliphatic rings. The van der Waals surface area contributed by atoms with E-state index in [0.29, 0.717) is 0 Å². The van der Waals surface area contributed by atoms with Crippen LogP contribution >= 0.6 is 0 Å². The van der Waals surface area contributed by atoms with Crippen LogP contribution in [0.25, 0.3) is 0 Å². The molecule has 0 heterocycles. The highest BCUT2D eigenvalue weighted by Crippen LogP contribution is 2.11. The second-order valence-electron chi connectivity index (χ2n) is 2.89. The number of hydrogen-bond donors (Lipinski definition) is 0. The molecule has 2 heteroatoms. The Morgan fingerprint density at radius 2 is 1.92 bits per heavy atom. The Morgan fingerprint density at radius 1 is 1.33 bits per heavy atom. The van der Waals surface area contributed by atoms with Gasteiger partial charge in [-0.3, -0.25) is 0 Å². The molecule has 0 aliphatic carbocycles. The molecule has 0 radical (unpaired) electrons. The van der Waals surface area contributed by atoms with Gasteiger partial charge in [-0.15, -0.1) is 0 Å². The Balaban J connectivity index is 2.79. The normalized spacial score (nSPS) is 14.3. The summed E-state index contributed by atoms with van der Waals surface area (Å²) in [7, 11) is 1.50. The Bertz CT molecular complexity index is 262. The summed E-state index contributed by atoms with van der Waals surface area (Å²) >= 11 is 0. The highest BCUT2D eigenvalue weighted by atomic mass is 16.5. The first kappa shape index (κ1) is 8.78. The average molecular weight is 163 g/mol. The number of hydrogen-bond acceptors (Lipinski definition) is 1. The minimum atomic E-state index is 0.189. The van der Waals surface area contributed by atoms with Crippen LogP contribution in [0.5, 0.6) is 0 Å². The van der Waals surface area contributed by atoms with E-state index in [2.05, 4.69) is 0 Å². The van der Waals surface area contributed by atoms with Crippen LogP contribution in [0.15, 0.2) is 30.3 Å². The van der Waals surface area contributed by atoms with Gasteiger partial charge >= 0.3 is 0 Å². The van der Waals surface area contributed by atoms with E-state index in [1.165, 1.54) is 12.6 Å². The van der Waals surface area contributed by atoms with Gasteiger partial charge in [0.05, 0.1) is 5.92 Å². The van der Waals surface area contributed by atoms with E-state index in [0.717, 1.165) is 4.74 Å². The second-order valence-corrected chi connectivity index (χ2v) is 2.89. The summed E-state index contributed by atoms with van der Waals surface area (Å²) in [5.74, 6) is 0.189. The van der Waals surface area contributed by atoms with Crippen molar-refractivity contribution in [2.45, 2.75) is 12.8 Å². The number of nitrogens with zero attached hydrogens (tertiary/aromatic N) is 1. The van der Waals surface area contributed by atoms with E-state index in [9.17, 15) is 5.21 Å². The molecule has 1 rings (SSSR count). The molecule has 1 unspecified atom stereocenters. The van der Waals surface area contributed by atoms with Gasteiger partial charge in [0.25, 0.3) is 0 Å². The zero-order chi connectivity index (χ0) is 8.97. The SMILES string of the molecule is CC(C=[N+](C)[O-])c1ccccc1. The van der Waals surface area contributed by atoms with Crippen molar-refractivity contribution >= 4 is 6.21 Å². The second kappa shape index (κ2) is 3.90. The van der Waals surface area contributed by atoms with E-state index in [1.54, 1.807) is 6.21 Å². The molecule has 1 aromatic rings. The lowest BCUT2D eigenvalue weighted by atomic mass is 10.0. The van der Waals surface area contributed by atoms with Crippen LogP contribution in [-0.2, 0) is 0 Å². The number of hydroxylamine groups is 1. The van der Waals surface area contributed by atoms with Crippen molar-refractivity contribution in [3.8, 4) is 0 Å². The molecule has 1 atom stereocenters. The third kappa shape index (κ3) is 2.38. The molecule has 2 nitrogen and oxygen atoms in total. The van der Waals surface area contributed by atoms with Crippen molar-refractivity contribution in [1.82, 2.24) is 0 Å². The standard InChI is InChI=1S/C10H13NO/c1-9(8-11(2)12)10-6-4-3-5-7-10/h3-9H,1-2H3. The number of benzene rings is 1. The van der Waals surface area contributed by atoms with E-state index in [4.69, 9.17) is 0 Å². The summed E-state index contributed by atoms with van der Waals surface area (Å²) in [6, 6.07) is 9.96. The molecule has 0 spiro atoms. The van der Waals surface area contributed by atoms with Gasteiger partial charge in [0, 0.05) is 0 Å². The Morgan fingerprint density at radius 3 is 2.42 bits per heavy atom. The van der Waals surface area contributed by atoms with Gasteiger partial charge in [-0.05, 0) is 12.5 Å². The first-order valence-electron chi connectivity index (χ1n) is 4.00. The van der Waals surface area contributed by atoms with Crippen LogP contribution in [0.1, 0.15) is 18.4 Å². The van der Waals surface area contributed by atoms with Gasteiger partial charge in [-0.2, -0.15) is 0 Å². The third-order valence-electron chi connectivity index (χ3n) is 1.76. The minimum Gasteiger partial charge on any atom is -0.624 e. The molecule has 0 saturated heterocycles. The van der Waals surface area contributed by atoms with Gasteiger partial charge in [0.1, 0.15) is 7.05 Å². The lowest BCUT2D eigenvalue weighted by Gasteiger charge is -2.04. The fourth-order valence-corrected chi connectivity index (χ4v) is 1.16. The first-order valence-corrected chi connectivity index (χ1v) is 4.00. The summed E-state index contributed by atoms with van der Waals surface area (Å²) < 4.78 is 0.845. The predicted molar refractivity (Wildman–Crippen MR) is 50.5 cm³/mol. The van der Waals surface area contributed by atoms with E-state index < -0.39 is 0 Å². The molecule has 0 amide bonds. The summed E-state index contributed by atoms with van der Waals surface area (Å²) in [6.07, 6.45) is 1.65. The highest BCUT2D eigenvalue weighted by molar-refractivity contribution is 5.62. The molecule has 12 heavy (non-hydrogen) atoms. The van der Waals surface area contributed by atoms with E-state index in [1.807, 2.05) is 37.3 Å².